The number of rotatable bonds is 45. The highest BCUT2D eigenvalue weighted by atomic mass is 35.5. The van der Waals surface area contributed by atoms with E-state index in [1.54, 1.807) is 93.9 Å². The standard InChI is InChI=1S/C79H104Cl6N10O15S3/c1-90-49-67(64-43-58(80)46-73(83)70(64)52-90)55-10-7-13-61(40-55)111(99,100)87-22-28-105-34-37-108-31-25-93(4)76(96)16-19-79(86,20-17-77(97)94(5)26-32-109-38-35-106-29-23-88-112(101,102)62-14-8-11-56(41-62)68-50-91(2)53-71-65(68)44-59(81)47-74(71)84)21-18-78(98)95(6)27-33-110-39-36-107-30-24-89-113(103,104)63-15-9-12-57(42-63)69-51-92(3)54-72-66(69)45-60(82)48-75(72)85/h7-15,40-48,67-69,87-89H,16-39,49-54,86H2,1-6H3/t67-,68-,69-/m0/s1. The van der Waals surface area contributed by atoms with Crippen molar-refractivity contribution >= 4 is 117 Å². The molecule has 0 saturated carbocycles. The molecule has 113 heavy (non-hydrogen) atoms. The lowest BCUT2D eigenvalue weighted by Crippen LogP contribution is -2.44. The third-order valence-electron chi connectivity index (χ3n) is 20.4. The molecular formula is C79H104Cl6N10O15S3. The van der Waals surface area contributed by atoms with E-state index in [0.717, 1.165) is 50.1 Å². The molecule has 620 valence electrons. The predicted octanol–water partition coefficient (Wildman–Crippen LogP) is 10.1. The molecule has 5 N–H and O–H groups in total. The fourth-order valence-corrected chi connectivity index (χ4v) is 19.0. The molecule has 0 fully saturated rings. The predicted molar refractivity (Wildman–Crippen MR) is 441 cm³/mol. The number of carbonyl (C=O) groups excluding carboxylic acids is 3. The first-order valence-corrected chi connectivity index (χ1v) is 44.3. The molecule has 0 aromatic heterocycles. The second kappa shape index (κ2) is 43.5. The second-order valence-corrected chi connectivity index (χ2v) is 36.8. The monoisotopic (exact) mass is 1740 g/mol. The van der Waals surface area contributed by atoms with E-state index in [9.17, 15) is 39.6 Å². The summed E-state index contributed by atoms with van der Waals surface area (Å²) in [4.78, 5) is 52.3. The summed E-state index contributed by atoms with van der Waals surface area (Å²) in [5, 5.41) is 3.26. The molecule has 9 rings (SSSR count). The Labute approximate surface area is 695 Å². The number of sulfonamides is 3. The molecule has 0 saturated heterocycles. The highest BCUT2D eigenvalue weighted by Crippen LogP contribution is 2.42. The van der Waals surface area contributed by atoms with E-state index in [4.69, 9.17) is 104 Å². The van der Waals surface area contributed by atoms with E-state index in [-0.39, 0.29) is 207 Å². The van der Waals surface area contributed by atoms with Crippen molar-refractivity contribution in [3.63, 3.8) is 0 Å². The summed E-state index contributed by atoms with van der Waals surface area (Å²) < 4.78 is 123. The number of hydrogen-bond acceptors (Lipinski definition) is 19. The summed E-state index contributed by atoms with van der Waals surface area (Å²) in [5.74, 6) is -1.08. The normalized spacial score (nSPS) is 16.4. The van der Waals surface area contributed by atoms with Gasteiger partial charge in [-0.3, -0.25) is 14.4 Å². The average Bonchev–Trinajstić information content (AvgIpc) is 0.782. The fraction of sp³-hybridized carbons (Fsp3) is 0.506. The van der Waals surface area contributed by atoms with Crippen LogP contribution in [0.3, 0.4) is 0 Å². The highest BCUT2D eigenvalue weighted by Gasteiger charge is 2.34. The van der Waals surface area contributed by atoms with Crippen LogP contribution in [0.2, 0.25) is 30.1 Å². The maximum absolute atomic E-state index is 13.6. The molecule has 25 nitrogen and oxygen atoms in total. The van der Waals surface area contributed by atoms with Crippen molar-refractivity contribution in [2.75, 3.05) is 180 Å². The van der Waals surface area contributed by atoms with E-state index in [0.29, 0.717) is 69.4 Å². The quantitative estimate of drug-likeness (QED) is 0.0258. The minimum atomic E-state index is -3.88. The molecule has 0 spiro atoms. The Hall–Kier alpha value is -5.20. The van der Waals surface area contributed by atoms with Gasteiger partial charge in [0.1, 0.15) is 0 Å². The van der Waals surface area contributed by atoms with E-state index >= 15 is 0 Å². The molecule has 3 aliphatic heterocycles. The third kappa shape index (κ3) is 27.2. The number of benzene rings is 6. The van der Waals surface area contributed by atoms with Gasteiger partial charge >= 0.3 is 0 Å². The van der Waals surface area contributed by atoms with Gasteiger partial charge in [-0.25, -0.2) is 39.4 Å². The Morgan fingerprint density at radius 1 is 0.407 bits per heavy atom. The van der Waals surface area contributed by atoms with E-state index in [1.165, 1.54) is 14.7 Å². The highest BCUT2D eigenvalue weighted by molar-refractivity contribution is 7.90. The van der Waals surface area contributed by atoms with Crippen LogP contribution in [0.1, 0.15) is 106 Å². The molecule has 3 amide bonds. The number of nitrogens with two attached hydrogens (primary N) is 1. The van der Waals surface area contributed by atoms with Gasteiger partial charge in [0.25, 0.3) is 0 Å². The summed E-state index contributed by atoms with van der Waals surface area (Å²) >= 11 is 38.9. The van der Waals surface area contributed by atoms with Crippen LogP contribution >= 0.6 is 69.6 Å². The smallest absolute Gasteiger partial charge is 0.240 e. The fourth-order valence-electron chi connectivity index (χ4n) is 14.0. The Balaban J connectivity index is 0.676. The summed E-state index contributed by atoms with van der Waals surface area (Å²) in [7, 11) is -0.743. The number of halogens is 6. The number of hydrogen-bond donors (Lipinski definition) is 4. The van der Waals surface area contributed by atoms with Crippen molar-refractivity contribution in [2.45, 2.75) is 96.1 Å². The van der Waals surface area contributed by atoms with Crippen LogP contribution in [0, 0.1) is 0 Å². The third-order valence-corrected chi connectivity index (χ3v) is 26.5. The lowest BCUT2D eigenvalue weighted by molar-refractivity contribution is -0.131. The Morgan fingerprint density at radius 3 is 0.929 bits per heavy atom. The van der Waals surface area contributed by atoms with E-state index in [2.05, 4.69) is 28.9 Å². The molecule has 6 aromatic rings. The van der Waals surface area contributed by atoms with Crippen LogP contribution in [-0.4, -0.2) is 258 Å². The van der Waals surface area contributed by atoms with Crippen molar-refractivity contribution in [3.05, 3.63) is 189 Å². The summed E-state index contributed by atoms with van der Waals surface area (Å²) in [6.45, 7) is 6.61. The molecular weight excluding hydrogens is 1640 g/mol. The number of fused-ring (bicyclic) bond motifs is 3. The second-order valence-electron chi connectivity index (χ2n) is 29.0. The molecule has 34 heteroatoms. The van der Waals surface area contributed by atoms with Crippen LogP contribution in [0.5, 0.6) is 0 Å². The van der Waals surface area contributed by atoms with Crippen molar-refractivity contribution in [1.29, 1.82) is 0 Å². The number of nitrogens with one attached hydrogen (secondary N) is 3. The number of carbonyl (C=O) groups is 3. The van der Waals surface area contributed by atoms with Crippen LogP contribution in [0.4, 0.5) is 0 Å². The first kappa shape index (κ1) is 91.7. The van der Waals surface area contributed by atoms with Gasteiger partial charge in [0.15, 0.2) is 0 Å². The average molecular weight is 1740 g/mol. The largest absolute Gasteiger partial charge is 0.378 e. The minimum absolute atomic E-state index is 0.0205. The van der Waals surface area contributed by atoms with Gasteiger partial charge in [-0.1, -0.05) is 106 Å². The Kier molecular flexibility index (Phi) is 35.3. The van der Waals surface area contributed by atoms with Crippen molar-refractivity contribution in [3.8, 4) is 0 Å². The topological polar surface area (TPSA) is 291 Å². The van der Waals surface area contributed by atoms with Gasteiger partial charge in [0, 0.05) is 172 Å². The van der Waals surface area contributed by atoms with Crippen molar-refractivity contribution < 1.29 is 68.1 Å². The first-order chi connectivity index (χ1) is 53.8. The molecule has 0 aliphatic carbocycles. The molecule has 3 heterocycles. The summed E-state index contributed by atoms with van der Waals surface area (Å²) in [6.07, 6.45) is 0.567. The SMILES string of the molecule is CN1Cc2c(Cl)cc(Cl)cc2[C@H](c2cccc(S(=O)(=O)NCCOCCOCCN(C)C(=O)CCC(N)(CCC(=O)N(C)CCOCCOCCNS(=O)(=O)c3cccc([C@@H]4CN(C)Cc5c(Cl)cc(Cl)cc54)c3)CCC(=O)N(C)CCOCCOCCNS(=O)(=O)c3cccc([C@@H]4CN(C)Cc5c(Cl)cc(Cl)cc54)c3)c2)C1. The maximum atomic E-state index is 13.6. The van der Waals surface area contributed by atoms with Crippen LogP contribution in [0.25, 0.3) is 0 Å². The molecule has 0 unspecified atom stereocenters. The van der Waals surface area contributed by atoms with Gasteiger partial charge in [-0.15, -0.1) is 0 Å². The zero-order valence-electron chi connectivity index (χ0n) is 64.7. The summed E-state index contributed by atoms with van der Waals surface area (Å²) in [5.41, 5.74) is 14.2. The molecule has 0 radical (unpaired) electrons. The van der Waals surface area contributed by atoms with Crippen molar-refractivity contribution in [2.24, 2.45) is 5.73 Å². The van der Waals surface area contributed by atoms with Crippen molar-refractivity contribution in [1.82, 2.24) is 43.6 Å². The summed E-state index contributed by atoms with van der Waals surface area (Å²) in [6, 6.07) is 31.4. The Bertz CT molecular complexity index is 4130. The zero-order valence-corrected chi connectivity index (χ0v) is 71.7. The van der Waals surface area contributed by atoms with E-state index in [1.807, 2.05) is 57.5 Å². The van der Waals surface area contributed by atoms with Crippen LogP contribution < -0.4 is 19.9 Å². The number of nitrogens with zero attached hydrogens (tertiary/aromatic N) is 6. The van der Waals surface area contributed by atoms with E-state index < -0.39 is 35.6 Å². The minimum Gasteiger partial charge on any atom is -0.378 e. The Morgan fingerprint density at radius 2 is 0.664 bits per heavy atom. The molecule has 6 aromatic carbocycles. The first-order valence-electron chi connectivity index (χ1n) is 37.6. The van der Waals surface area contributed by atoms with Gasteiger partial charge in [0.2, 0.25) is 47.8 Å². The zero-order chi connectivity index (χ0) is 81.6. The molecule has 0 bridgehead atoms. The molecule has 3 aliphatic rings. The lowest BCUT2D eigenvalue weighted by atomic mass is 9.84. The van der Waals surface area contributed by atoms with Gasteiger partial charge in [-0.2, -0.15) is 0 Å². The van der Waals surface area contributed by atoms with Gasteiger partial charge < -0.3 is 63.6 Å². The van der Waals surface area contributed by atoms with Gasteiger partial charge in [0.05, 0.1) is 94.0 Å². The number of likely N-dealkylation sites (N-methyl/N-ethyl adjacent to an activating group) is 6. The van der Waals surface area contributed by atoms with Gasteiger partial charge in [-0.05, 0) is 163 Å². The lowest BCUT2D eigenvalue weighted by Gasteiger charge is -2.33. The van der Waals surface area contributed by atoms with Crippen LogP contribution in [-0.2, 0) is 92.5 Å². The number of ether oxygens (including phenoxy) is 6. The van der Waals surface area contributed by atoms with Crippen LogP contribution in [0.15, 0.2) is 124 Å². The number of amides is 3. The molecule has 3 atom stereocenters. The maximum Gasteiger partial charge on any atom is 0.240 e.